The van der Waals surface area contributed by atoms with E-state index in [-0.39, 0.29) is 0 Å². The molecule has 0 aliphatic carbocycles. The van der Waals surface area contributed by atoms with E-state index >= 15 is 0 Å². The van der Waals surface area contributed by atoms with Gasteiger partial charge < -0.3 is 4.72 Å². The first-order valence-electron chi connectivity index (χ1n) is 4.38. The van der Waals surface area contributed by atoms with Crippen molar-refractivity contribution >= 4 is 22.8 Å². The van der Waals surface area contributed by atoms with Crippen LogP contribution in [0.5, 0.6) is 0 Å². The van der Waals surface area contributed by atoms with Gasteiger partial charge in [-0.3, -0.25) is 0 Å². The summed E-state index contributed by atoms with van der Waals surface area (Å²) in [5.74, 6) is 0. The van der Waals surface area contributed by atoms with E-state index in [2.05, 4.69) is 11.3 Å². The van der Waals surface area contributed by atoms with E-state index in [0.717, 1.165) is 21.0 Å². The van der Waals surface area contributed by atoms with Crippen LogP contribution in [-0.4, -0.2) is 4.21 Å². The summed E-state index contributed by atoms with van der Waals surface area (Å²) in [6.07, 6.45) is 3.71. The fourth-order valence-corrected chi connectivity index (χ4v) is 2.69. The van der Waals surface area contributed by atoms with Crippen molar-refractivity contribution in [2.24, 2.45) is 0 Å². The Kier molecular flexibility index (Phi) is 2.25. The van der Waals surface area contributed by atoms with E-state index in [9.17, 15) is 4.21 Å². The summed E-state index contributed by atoms with van der Waals surface area (Å²) in [7, 11) is -1.12. The molecule has 0 amide bonds. The lowest BCUT2D eigenvalue weighted by Crippen LogP contribution is -2.26. The summed E-state index contributed by atoms with van der Waals surface area (Å²) in [5, 5.41) is 2.11. The lowest BCUT2D eigenvalue weighted by molar-refractivity contribution is 0.681. The van der Waals surface area contributed by atoms with Crippen LogP contribution in [-0.2, 0) is 11.0 Å². The molecule has 2 rings (SSSR count). The van der Waals surface area contributed by atoms with Crippen molar-refractivity contribution < 1.29 is 4.21 Å². The molecule has 1 unspecified atom stereocenters. The van der Waals surface area contributed by atoms with E-state index < -0.39 is 11.0 Å². The third-order valence-electron chi connectivity index (χ3n) is 2.25. The summed E-state index contributed by atoms with van der Waals surface area (Å²) in [6.45, 7) is 5.67. The Morgan fingerprint density at radius 1 is 1.50 bits per heavy atom. The molecular formula is C11H11NOS. The summed E-state index contributed by atoms with van der Waals surface area (Å²) < 4.78 is 14.5. The fourth-order valence-electron chi connectivity index (χ4n) is 1.58. The number of nitrogens with one attached hydrogen (secondary N) is 1. The zero-order valence-corrected chi connectivity index (χ0v) is 8.73. The molecule has 0 fully saturated rings. The molecule has 1 aliphatic rings. The van der Waals surface area contributed by atoms with Gasteiger partial charge in [0.2, 0.25) is 0 Å². The van der Waals surface area contributed by atoms with E-state index in [4.69, 9.17) is 0 Å². The minimum absolute atomic E-state index is 0.843. The highest BCUT2D eigenvalue weighted by Crippen LogP contribution is 2.06. The Hall–Kier alpha value is -1.35. The fraction of sp³-hybridized carbons (Fsp3) is 0.0909. The standard InChI is InChI=1S/C11H11NOS/c1-3-8-6-5-7-10-11(8)9(4-2)12-14(10)13/h3-7,12H,2H2,1H3/b8-3-. The number of fused-ring (bicyclic) bond motifs is 1. The van der Waals surface area contributed by atoms with Gasteiger partial charge in [0.1, 0.15) is 0 Å². The number of hydrogen-bond donors (Lipinski definition) is 1. The van der Waals surface area contributed by atoms with Gasteiger partial charge in [-0.05, 0) is 24.3 Å². The molecule has 3 heteroatoms. The van der Waals surface area contributed by atoms with Crippen molar-refractivity contribution in [2.45, 2.75) is 11.8 Å². The molecule has 14 heavy (non-hydrogen) atoms. The largest absolute Gasteiger partial charge is 0.300 e. The summed E-state index contributed by atoms with van der Waals surface area (Å²) in [4.78, 5) is 0.843. The number of rotatable bonds is 1. The summed E-state index contributed by atoms with van der Waals surface area (Å²) in [5.41, 5.74) is 0.854. The van der Waals surface area contributed by atoms with Gasteiger partial charge in [0.25, 0.3) is 0 Å². The predicted molar refractivity (Wildman–Crippen MR) is 59.0 cm³/mol. The highest BCUT2D eigenvalue weighted by atomic mass is 32.2. The zero-order chi connectivity index (χ0) is 10.1. The molecule has 1 N–H and O–H groups in total. The molecule has 1 aromatic rings. The van der Waals surface area contributed by atoms with Crippen LogP contribution < -0.4 is 15.2 Å². The van der Waals surface area contributed by atoms with Gasteiger partial charge in [-0.25, -0.2) is 4.21 Å². The van der Waals surface area contributed by atoms with E-state index in [0.29, 0.717) is 0 Å². The van der Waals surface area contributed by atoms with Crippen LogP contribution in [0.2, 0.25) is 0 Å². The Balaban J connectivity index is 2.98. The maximum atomic E-state index is 11.6. The second-order valence-electron chi connectivity index (χ2n) is 3.00. The average molecular weight is 205 g/mol. The Morgan fingerprint density at radius 3 is 2.93 bits per heavy atom. The average Bonchev–Trinajstić information content (AvgIpc) is 2.56. The van der Waals surface area contributed by atoms with Crippen LogP contribution in [0.15, 0.2) is 35.7 Å². The summed E-state index contributed by atoms with van der Waals surface area (Å²) in [6, 6.07) is 5.80. The van der Waals surface area contributed by atoms with Gasteiger partial charge in [0.05, 0.1) is 10.6 Å². The van der Waals surface area contributed by atoms with Crippen LogP contribution in [0.3, 0.4) is 0 Å². The molecule has 1 aliphatic heterocycles. The lowest BCUT2D eigenvalue weighted by Gasteiger charge is -1.92. The molecule has 1 aromatic carbocycles. The van der Waals surface area contributed by atoms with Crippen molar-refractivity contribution in [1.29, 1.82) is 0 Å². The molecule has 0 saturated carbocycles. The monoisotopic (exact) mass is 205 g/mol. The van der Waals surface area contributed by atoms with E-state index in [1.54, 1.807) is 6.08 Å². The first kappa shape index (κ1) is 9.21. The second kappa shape index (κ2) is 3.42. The molecule has 0 spiro atoms. The topological polar surface area (TPSA) is 29.1 Å². The molecule has 1 heterocycles. The van der Waals surface area contributed by atoms with Crippen LogP contribution in [0, 0.1) is 0 Å². The molecule has 0 radical (unpaired) electrons. The van der Waals surface area contributed by atoms with Crippen LogP contribution >= 0.6 is 0 Å². The van der Waals surface area contributed by atoms with Gasteiger partial charge in [0.15, 0.2) is 11.0 Å². The van der Waals surface area contributed by atoms with Crippen molar-refractivity contribution in [3.8, 4) is 0 Å². The summed E-state index contributed by atoms with van der Waals surface area (Å²) >= 11 is 0. The van der Waals surface area contributed by atoms with Crippen LogP contribution in [0.25, 0.3) is 11.8 Å². The lowest BCUT2D eigenvalue weighted by atomic mass is 10.2. The minimum atomic E-state index is -1.12. The quantitative estimate of drug-likeness (QED) is 0.707. The highest BCUT2D eigenvalue weighted by molar-refractivity contribution is 7.83. The van der Waals surface area contributed by atoms with Crippen molar-refractivity contribution in [1.82, 2.24) is 4.72 Å². The van der Waals surface area contributed by atoms with Crippen LogP contribution in [0.1, 0.15) is 6.92 Å². The van der Waals surface area contributed by atoms with Crippen molar-refractivity contribution in [2.75, 3.05) is 0 Å². The molecule has 0 bridgehead atoms. The molecule has 1 atom stereocenters. The van der Waals surface area contributed by atoms with Crippen molar-refractivity contribution in [3.63, 3.8) is 0 Å². The van der Waals surface area contributed by atoms with E-state index in [1.807, 2.05) is 31.2 Å². The molecule has 2 nitrogen and oxygen atoms in total. The zero-order valence-electron chi connectivity index (χ0n) is 7.91. The Bertz CT molecular complexity index is 531. The Morgan fingerprint density at radius 2 is 2.29 bits per heavy atom. The normalized spacial score (nSPS) is 20.5. The second-order valence-corrected chi connectivity index (χ2v) is 4.18. The predicted octanol–water partition coefficient (Wildman–Crippen LogP) is 0.407. The smallest absolute Gasteiger partial charge is 0.151 e. The van der Waals surface area contributed by atoms with Gasteiger partial charge in [-0.1, -0.05) is 24.8 Å². The molecular weight excluding hydrogens is 194 g/mol. The van der Waals surface area contributed by atoms with Crippen molar-refractivity contribution in [3.05, 3.63) is 41.3 Å². The van der Waals surface area contributed by atoms with Gasteiger partial charge in [0, 0.05) is 5.22 Å². The van der Waals surface area contributed by atoms with Crippen LogP contribution in [0.4, 0.5) is 0 Å². The first-order valence-corrected chi connectivity index (χ1v) is 5.53. The molecule has 72 valence electrons. The maximum Gasteiger partial charge on any atom is 0.151 e. The molecule has 0 saturated heterocycles. The third-order valence-corrected chi connectivity index (χ3v) is 3.39. The SMILES string of the molecule is C=CC1=c2c(ccc/c2=C/C)S(=O)N1. The number of benzene rings is 1. The van der Waals surface area contributed by atoms with Gasteiger partial charge >= 0.3 is 0 Å². The van der Waals surface area contributed by atoms with Gasteiger partial charge in [-0.2, -0.15) is 0 Å². The Labute approximate surface area is 85.2 Å². The minimum Gasteiger partial charge on any atom is -0.300 e. The van der Waals surface area contributed by atoms with Gasteiger partial charge in [-0.15, -0.1) is 0 Å². The third kappa shape index (κ3) is 1.21. The molecule has 0 aromatic heterocycles. The highest BCUT2D eigenvalue weighted by Gasteiger charge is 2.15. The number of hydrogen-bond acceptors (Lipinski definition) is 1. The first-order chi connectivity index (χ1) is 6.77. The maximum absolute atomic E-state index is 11.6. The van der Waals surface area contributed by atoms with E-state index in [1.165, 1.54) is 0 Å².